The van der Waals surface area contributed by atoms with Crippen molar-refractivity contribution in [3.05, 3.63) is 59.7 Å². The monoisotopic (exact) mass is 356 g/mol. The second-order valence-corrected chi connectivity index (χ2v) is 6.87. The van der Waals surface area contributed by atoms with Gasteiger partial charge in [0.2, 0.25) is 0 Å². The number of ether oxygens (including phenoxy) is 2. The molecule has 0 spiro atoms. The Morgan fingerprint density at radius 3 is 2.84 bits per heavy atom. The number of hydrogen-bond acceptors (Lipinski definition) is 5. The molecule has 1 atom stereocenters. The van der Waals surface area contributed by atoms with Gasteiger partial charge >= 0.3 is 0 Å². The standard InChI is InChI=1S/C19H20N2O3S/c1-14(25-13-15-6-3-2-4-7-15)19(22)21-20-12-16-8-5-9-17-18(16)24-11-10-23-17/h2-9,12,14H,10-11,13H2,1H3,(H,21,22)/b20-12-/t14-/m1/s1. The van der Waals surface area contributed by atoms with E-state index in [1.165, 1.54) is 5.56 Å². The number of amides is 1. The number of thioether (sulfide) groups is 1. The molecule has 1 N–H and O–H groups in total. The third kappa shape index (κ3) is 4.76. The third-order valence-electron chi connectivity index (χ3n) is 3.69. The Morgan fingerprint density at radius 1 is 1.20 bits per heavy atom. The van der Waals surface area contributed by atoms with Crippen LogP contribution in [0, 0.1) is 0 Å². The molecular formula is C19H20N2O3S. The lowest BCUT2D eigenvalue weighted by atomic mass is 10.2. The smallest absolute Gasteiger partial charge is 0.252 e. The van der Waals surface area contributed by atoms with Gasteiger partial charge in [0.15, 0.2) is 11.5 Å². The Balaban J connectivity index is 1.52. The molecule has 6 heteroatoms. The van der Waals surface area contributed by atoms with Gasteiger partial charge in [-0.05, 0) is 24.6 Å². The highest BCUT2D eigenvalue weighted by Gasteiger charge is 2.15. The predicted molar refractivity (Wildman–Crippen MR) is 100 cm³/mol. The zero-order valence-electron chi connectivity index (χ0n) is 14.0. The highest BCUT2D eigenvalue weighted by Crippen LogP contribution is 2.32. The maximum atomic E-state index is 12.1. The molecular weight excluding hydrogens is 336 g/mol. The molecule has 0 saturated carbocycles. The second-order valence-electron chi connectivity index (χ2n) is 5.54. The number of benzene rings is 2. The molecule has 0 unspecified atom stereocenters. The summed E-state index contributed by atoms with van der Waals surface area (Å²) in [5, 5.41) is 3.86. The van der Waals surface area contributed by atoms with Crippen LogP contribution in [-0.2, 0) is 10.5 Å². The number of fused-ring (bicyclic) bond motifs is 1. The van der Waals surface area contributed by atoms with E-state index in [4.69, 9.17) is 9.47 Å². The molecule has 0 radical (unpaired) electrons. The quantitative estimate of drug-likeness (QED) is 0.638. The van der Waals surface area contributed by atoms with Crippen molar-refractivity contribution >= 4 is 23.9 Å². The Morgan fingerprint density at radius 2 is 2.00 bits per heavy atom. The van der Waals surface area contributed by atoms with Crippen LogP contribution in [0.15, 0.2) is 53.6 Å². The first-order valence-corrected chi connectivity index (χ1v) is 9.16. The Kier molecular flexibility index (Phi) is 5.95. The fraction of sp³-hybridized carbons (Fsp3) is 0.263. The van der Waals surface area contributed by atoms with Gasteiger partial charge in [-0.25, -0.2) is 5.43 Å². The Labute approximate surface area is 151 Å². The first kappa shape index (κ1) is 17.4. The van der Waals surface area contributed by atoms with Gasteiger partial charge in [-0.15, -0.1) is 11.8 Å². The minimum atomic E-state index is -0.193. The highest BCUT2D eigenvalue weighted by molar-refractivity contribution is 7.99. The van der Waals surface area contributed by atoms with Crippen molar-refractivity contribution in [2.45, 2.75) is 17.9 Å². The lowest BCUT2D eigenvalue weighted by Crippen LogP contribution is -2.27. The highest BCUT2D eigenvalue weighted by atomic mass is 32.2. The molecule has 0 fully saturated rings. The largest absolute Gasteiger partial charge is 0.486 e. The number of nitrogens with zero attached hydrogens (tertiary/aromatic N) is 1. The van der Waals surface area contributed by atoms with E-state index in [0.29, 0.717) is 24.7 Å². The van der Waals surface area contributed by atoms with Gasteiger partial charge in [-0.2, -0.15) is 5.10 Å². The van der Waals surface area contributed by atoms with Crippen molar-refractivity contribution in [1.82, 2.24) is 5.43 Å². The molecule has 25 heavy (non-hydrogen) atoms. The van der Waals surface area contributed by atoms with Crippen LogP contribution in [0.4, 0.5) is 0 Å². The SMILES string of the molecule is C[C@@H](SCc1ccccc1)C(=O)N/N=C\c1cccc2c1OCCO2. The minimum Gasteiger partial charge on any atom is -0.486 e. The number of carbonyl (C=O) groups excluding carboxylic acids is 1. The first-order chi connectivity index (χ1) is 12.2. The second kappa shape index (κ2) is 8.58. The van der Waals surface area contributed by atoms with E-state index in [1.54, 1.807) is 18.0 Å². The Hall–Kier alpha value is -2.47. The molecule has 0 bridgehead atoms. The fourth-order valence-corrected chi connectivity index (χ4v) is 3.16. The molecule has 2 aromatic carbocycles. The zero-order valence-corrected chi connectivity index (χ0v) is 14.8. The van der Waals surface area contributed by atoms with Gasteiger partial charge < -0.3 is 9.47 Å². The van der Waals surface area contributed by atoms with Crippen LogP contribution in [0.3, 0.4) is 0 Å². The summed E-state index contributed by atoms with van der Waals surface area (Å²) in [6, 6.07) is 15.7. The van der Waals surface area contributed by atoms with Gasteiger partial charge in [0.05, 0.1) is 11.5 Å². The molecule has 0 aromatic heterocycles. The van der Waals surface area contributed by atoms with E-state index < -0.39 is 0 Å². The summed E-state index contributed by atoms with van der Waals surface area (Å²) >= 11 is 1.58. The van der Waals surface area contributed by atoms with Crippen molar-refractivity contribution in [3.63, 3.8) is 0 Å². The van der Waals surface area contributed by atoms with Crippen LogP contribution >= 0.6 is 11.8 Å². The lowest BCUT2D eigenvalue weighted by molar-refractivity contribution is -0.120. The molecule has 130 valence electrons. The number of hydrogen-bond donors (Lipinski definition) is 1. The maximum absolute atomic E-state index is 12.1. The molecule has 1 heterocycles. The van der Waals surface area contributed by atoms with Crippen LogP contribution in [0.1, 0.15) is 18.1 Å². The fourth-order valence-electron chi connectivity index (χ4n) is 2.33. The molecule has 1 amide bonds. The average molecular weight is 356 g/mol. The summed E-state index contributed by atoms with van der Waals surface area (Å²) in [6.45, 7) is 2.93. The third-order valence-corrected chi connectivity index (χ3v) is 4.90. The summed E-state index contributed by atoms with van der Waals surface area (Å²) in [5.41, 5.74) is 4.56. The number of nitrogens with one attached hydrogen (secondary N) is 1. The average Bonchev–Trinajstić information content (AvgIpc) is 2.67. The van der Waals surface area contributed by atoms with Gasteiger partial charge in [-0.3, -0.25) is 4.79 Å². The normalized spacial score (nSPS) is 14.3. The van der Waals surface area contributed by atoms with Crippen molar-refractivity contribution < 1.29 is 14.3 Å². The van der Waals surface area contributed by atoms with E-state index in [9.17, 15) is 4.79 Å². The molecule has 3 rings (SSSR count). The van der Waals surface area contributed by atoms with Crippen LogP contribution in [0.25, 0.3) is 0 Å². The predicted octanol–water partition coefficient (Wildman–Crippen LogP) is 3.23. The van der Waals surface area contributed by atoms with Gasteiger partial charge in [0, 0.05) is 11.3 Å². The van der Waals surface area contributed by atoms with Crippen molar-refractivity contribution in [2.75, 3.05) is 13.2 Å². The molecule has 5 nitrogen and oxygen atoms in total. The van der Waals surface area contributed by atoms with Crippen LogP contribution < -0.4 is 14.9 Å². The molecule has 1 aliphatic heterocycles. The summed E-state index contributed by atoms with van der Waals surface area (Å²) in [7, 11) is 0. The maximum Gasteiger partial charge on any atom is 0.252 e. The summed E-state index contributed by atoms with van der Waals surface area (Å²) < 4.78 is 11.1. The zero-order chi connectivity index (χ0) is 17.5. The summed E-state index contributed by atoms with van der Waals surface area (Å²) in [4.78, 5) is 12.1. The summed E-state index contributed by atoms with van der Waals surface area (Å²) in [5.74, 6) is 2.03. The van der Waals surface area contributed by atoms with Crippen molar-refractivity contribution in [3.8, 4) is 11.5 Å². The van der Waals surface area contributed by atoms with Gasteiger partial charge in [0.1, 0.15) is 13.2 Å². The van der Waals surface area contributed by atoms with Crippen molar-refractivity contribution in [1.29, 1.82) is 0 Å². The first-order valence-electron chi connectivity index (χ1n) is 8.11. The molecule has 2 aromatic rings. The number of para-hydroxylation sites is 1. The van der Waals surface area contributed by atoms with E-state index in [0.717, 1.165) is 11.3 Å². The lowest BCUT2D eigenvalue weighted by Gasteiger charge is -2.19. The Bertz CT molecular complexity index is 750. The minimum absolute atomic E-state index is 0.126. The van der Waals surface area contributed by atoms with Crippen LogP contribution in [0.5, 0.6) is 11.5 Å². The number of rotatable bonds is 6. The molecule has 0 saturated heterocycles. The van der Waals surface area contributed by atoms with Crippen molar-refractivity contribution in [2.24, 2.45) is 5.10 Å². The number of hydrazone groups is 1. The summed E-state index contributed by atoms with van der Waals surface area (Å²) in [6.07, 6.45) is 1.58. The van der Waals surface area contributed by atoms with Gasteiger partial charge in [-0.1, -0.05) is 36.4 Å². The van der Waals surface area contributed by atoms with E-state index in [2.05, 4.69) is 22.7 Å². The van der Waals surface area contributed by atoms with E-state index >= 15 is 0 Å². The van der Waals surface area contributed by atoms with Crippen LogP contribution in [-0.4, -0.2) is 30.6 Å². The van der Waals surface area contributed by atoms with Gasteiger partial charge in [0.25, 0.3) is 5.91 Å². The topological polar surface area (TPSA) is 59.9 Å². The van der Waals surface area contributed by atoms with E-state index in [1.807, 2.05) is 43.3 Å². The molecule has 1 aliphatic rings. The number of carbonyl (C=O) groups is 1. The molecule has 0 aliphatic carbocycles. The van der Waals surface area contributed by atoms with E-state index in [-0.39, 0.29) is 11.2 Å². The van der Waals surface area contributed by atoms with Crippen LogP contribution in [0.2, 0.25) is 0 Å².